The third-order valence-corrected chi connectivity index (χ3v) is 7.55. The van der Waals surface area contributed by atoms with Gasteiger partial charge in [0.1, 0.15) is 30.2 Å². The molecular weight excluding hydrogens is 648 g/mol. The lowest BCUT2D eigenvalue weighted by Gasteiger charge is -2.29. The summed E-state index contributed by atoms with van der Waals surface area (Å²) in [7, 11) is 0. The Balaban J connectivity index is 3.06. The summed E-state index contributed by atoms with van der Waals surface area (Å²) >= 11 is 0. The fraction of sp³-hybridized carbons (Fsp3) is 0.690. The number of hydrogen-bond acceptors (Lipinski definition) is 10. The number of nitrogens with two attached hydrogens (primary N) is 3. The van der Waals surface area contributed by atoms with Crippen molar-refractivity contribution in [3.8, 4) is 0 Å². The molecule has 276 valence electrons. The zero-order valence-corrected chi connectivity index (χ0v) is 28.0. The Morgan fingerprint density at radius 1 is 0.857 bits per heavy atom. The molecule has 1 aliphatic heterocycles. The Hall–Kier alpha value is -5.01. The summed E-state index contributed by atoms with van der Waals surface area (Å²) < 4.78 is 0. The van der Waals surface area contributed by atoms with E-state index in [0.717, 1.165) is 0 Å². The maximum absolute atomic E-state index is 13.5. The van der Waals surface area contributed by atoms with Crippen LogP contribution in [0.1, 0.15) is 72.1 Å². The third kappa shape index (κ3) is 15.2. The lowest BCUT2D eigenvalue weighted by Crippen LogP contribution is -2.58. The van der Waals surface area contributed by atoms with Crippen molar-refractivity contribution in [2.24, 2.45) is 23.1 Å². The van der Waals surface area contributed by atoms with Crippen LogP contribution in [0.4, 0.5) is 0 Å². The number of guanidine groups is 1. The van der Waals surface area contributed by atoms with Gasteiger partial charge >= 0.3 is 11.9 Å². The van der Waals surface area contributed by atoms with Gasteiger partial charge in [-0.25, -0.2) is 4.79 Å². The number of carbonyl (C=O) groups is 8. The molecule has 1 fully saturated rings. The number of rotatable bonds is 21. The molecule has 14 N–H and O–H groups in total. The lowest BCUT2D eigenvalue weighted by atomic mass is 10.0. The van der Waals surface area contributed by atoms with Crippen LogP contribution in [-0.2, 0) is 38.4 Å². The number of nitrogens with one attached hydrogen (secondary N) is 6. The van der Waals surface area contributed by atoms with Crippen LogP contribution < -0.4 is 43.8 Å². The van der Waals surface area contributed by atoms with Crippen LogP contribution in [0.5, 0.6) is 0 Å². The molecule has 1 aliphatic rings. The molecule has 1 rings (SSSR count). The van der Waals surface area contributed by atoms with Crippen LogP contribution in [0.3, 0.4) is 0 Å². The van der Waals surface area contributed by atoms with E-state index < -0.39 is 96.5 Å². The van der Waals surface area contributed by atoms with Gasteiger partial charge in [-0.2, -0.15) is 0 Å². The molecule has 0 spiro atoms. The van der Waals surface area contributed by atoms with Gasteiger partial charge in [-0.05, 0) is 51.4 Å². The molecule has 0 aliphatic carbocycles. The first kappa shape index (κ1) is 42.0. The van der Waals surface area contributed by atoms with Crippen LogP contribution in [0, 0.1) is 11.3 Å². The minimum atomic E-state index is -1.66. The van der Waals surface area contributed by atoms with Gasteiger partial charge in [0.15, 0.2) is 5.96 Å². The topological polar surface area (TPSA) is 342 Å². The van der Waals surface area contributed by atoms with E-state index in [1.54, 1.807) is 0 Å². The largest absolute Gasteiger partial charge is 0.481 e. The molecule has 0 aromatic carbocycles. The van der Waals surface area contributed by atoms with Crippen molar-refractivity contribution in [1.29, 1.82) is 5.41 Å². The van der Waals surface area contributed by atoms with Crippen LogP contribution >= 0.6 is 0 Å². The molecule has 0 unspecified atom stereocenters. The fourth-order valence-electron chi connectivity index (χ4n) is 5.10. The van der Waals surface area contributed by atoms with Crippen LogP contribution in [0.25, 0.3) is 0 Å². The van der Waals surface area contributed by atoms with E-state index in [2.05, 4.69) is 26.6 Å². The average Bonchev–Trinajstić information content (AvgIpc) is 3.49. The van der Waals surface area contributed by atoms with Gasteiger partial charge in [-0.3, -0.25) is 39.0 Å². The van der Waals surface area contributed by atoms with E-state index in [0.29, 0.717) is 12.8 Å². The second-order valence-corrected chi connectivity index (χ2v) is 12.3. The molecule has 20 nitrogen and oxygen atoms in total. The summed E-state index contributed by atoms with van der Waals surface area (Å²) in [5.74, 6) is -7.78. The molecule has 20 heteroatoms. The predicted molar refractivity (Wildman–Crippen MR) is 173 cm³/mol. The Morgan fingerprint density at radius 3 is 2.00 bits per heavy atom. The number of primary amides is 1. The van der Waals surface area contributed by atoms with Gasteiger partial charge in [-0.15, -0.1) is 0 Å². The Morgan fingerprint density at radius 2 is 1.45 bits per heavy atom. The van der Waals surface area contributed by atoms with E-state index in [1.165, 1.54) is 11.8 Å². The smallest absolute Gasteiger partial charge is 0.326 e. The number of likely N-dealkylation sites (tertiary alicyclic amines) is 1. The quantitative estimate of drug-likeness (QED) is 0.0314. The average molecular weight is 699 g/mol. The second kappa shape index (κ2) is 20.4. The maximum atomic E-state index is 13.5. The first-order valence-electron chi connectivity index (χ1n) is 15.9. The van der Waals surface area contributed by atoms with Gasteiger partial charge < -0.3 is 58.9 Å². The van der Waals surface area contributed by atoms with Gasteiger partial charge in [0.05, 0.1) is 12.5 Å². The second-order valence-electron chi connectivity index (χ2n) is 12.3. The molecule has 0 radical (unpaired) electrons. The monoisotopic (exact) mass is 698 g/mol. The molecule has 49 heavy (non-hydrogen) atoms. The predicted octanol–water partition coefficient (Wildman–Crippen LogP) is -3.60. The van der Waals surface area contributed by atoms with Crippen molar-refractivity contribution in [3.63, 3.8) is 0 Å². The van der Waals surface area contributed by atoms with Crippen LogP contribution in [0.2, 0.25) is 0 Å². The van der Waals surface area contributed by atoms with Crippen molar-refractivity contribution in [3.05, 3.63) is 0 Å². The van der Waals surface area contributed by atoms with E-state index in [4.69, 9.17) is 27.7 Å². The highest BCUT2D eigenvalue weighted by Crippen LogP contribution is 2.19. The summed E-state index contributed by atoms with van der Waals surface area (Å²) in [5.41, 5.74) is 16.3. The Labute approximate surface area is 283 Å². The highest BCUT2D eigenvalue weighted by molar-refractivity contribution is 5.97. The number of carboxylic acids is 2. The Bertz CT molecular complexity index is 1250. The summed E-state index contributed by atoms with van der Waals surface area (Å²) in [6, 6.07) is -7.52. The minimum absolute atomic E-state index is 0.0435. The normalized spacial score (nSPS) is 17.1. The summed E-state index contributed by atoms with van der Waals surface area (Å²) in [5, 5.41) is 38.0. The zero-order valence-electron chi connectivity index (χ0n) is 28.0. The Kier molecular flexibility index (Phi) is 17.5. The molecule has 1 heterocycles. The van der Waals surface area contributed by atoms with Crippen LogP contribution in [0.15, 0.2) is 0 Å². The van der Waals surface area contributed by atoms with Crippen LogP contribution in [-0.4, -0.2) is 118 Å². The van der Waals surface area contributed by atoms with E-state index in [-0.39, 0.29) is 50.7 Å². The first-order chi connectivity index (χ1) is 22.8. The summed E-state index contributed by atoms with van der Waals surface area (Å²) in [4.78, 5) is 101. The highest BCUT2D eigenvalue weighted by atomic mass is 16.4. The molecule has 0 aromatic rings. The molecule has 0 bridgehead atoms. The van der Waals surface area contributed by atoms with Crippen molar-refractivity contribution < 1.29 is 48.6 Å². The SMILES string of the molecule is CC(C)C[C@H](N)C(=O)N[C@@H](CCC(=O)O)C(=O)N[C@@H](C)C(=O)N1CCC[C@H]1C(=O)N[C@@H](CCCNC(=N)N)C(=O)N[C@@H](CC(N)=O)C(=O)O. The summed E-state index contributed by atoms with van der Waals surface area (Å²) in [6.45, 7) is 5.33. The zero-order chi connectivity index (χ0) is 37.4. The van der Waals surface area contributed by atoms with Gasteiger partial charge in [0.2, 0.25) is 35.4 Å². The summed E-state index contributed by atoms with van der Waals surface area (Å²) in [6.07, 6.45) is -0.362. The standard InChI is InChI=1S/C29H50N10O10/c1-14(2)12-16(30)23(43)36-18(8-9-22(41)42)24(44)35-15(3)27(47)39-11-5-7-20(39)26(46)37-17(6-4-10-34-29(32)33)25(45)38-19(28(48)49)13-21(31)40/h14-20H,4-13,30H2,1-3H3,(H2,31,40)(H,35,44)(H,36,43)(H,37,46)(H,38,45)(H,41,42)(H,48,49)(H4,32,33,34)/t15-,16-,17-,18-,19-,20-/m0/s1. The van der Waals surface area contributed by atoms with E-state index >= 15 is 0 Å². The van der Waals surface area contributed by atoms with Gasteiger partial charge in [0.25, 0.3) is 0 Å². The highest BCUT2D eigenvalue weighted by Gasteiger charge is 2.39. The molecule has 6 atom stereocenters. The fourth-order valence-corrected chi connectivity index (χ4v) is 5.10. The van der Waals surface area contributed by atoms with Crippen molar-refractivity contribution in [1.82, 2.24) is 31.5 Å². The number of carboxylic acid groups (broad SMARTS) is 2. The van der Waals surface area contributed by atoms with Crippen molar-refractivity contribution >= 4 is 53.3 Å². The van der Waals surface area contributed by atoms with E-state index in [9.17, 15) is 43.5 Å². The first-order valence-corrected chi connectivity index (χ1v) is 15.9. The number of nitrogens with zero attached hydrogens (tertiary/aromatic N) is 1. The minimum Gasteiger partial charge on any atom is -0.481 e. The van der Waals surface area contributed by atoms with Crippen molar-refractivity contribution in [2.45, 2.75) is 108 Å². The number of aliphatic carboxylic acids is 2. The molecular formula is C29H50N10O10. The third-order valence-electron chi connectivity index (χ3n) is 7.55. The molecule has 0 saturated carbocycles. The van der Waals surface area contributed by atoms with Crippen molar-refractivity contribution in [2.75, 3.05) is 13.1 Å². The number of carbonyl (C=O) groups excluding carboxylic acids is 6. The van der Waals surface area contributed by atoms with Gasteiger partial charge in [0, 0.05) is 19.5 Å². The van der Waals surface area contributed by atoms with E-state index in [1.807, 2.05) is 13.8 Å². The number of amides is 6. The lowest BCUT2D eigenvalue weighted by molar-refractivity contribution is -0.144. The van der Waals surface area contributed by atoms with Gasteiger partial charge in [-0.1, -0.05) is 13.8 Å². The molecule has 6 amide bonds. The molecule has 1 saturated heterocycles. The number of hydrogen-bond donors (Lipinski definition) is 11. The maximum Gasteiger partial charge on any atom is 0.326 e. The molecule has 0 aromatic heterocycles.